The number of nitrogen functional groups attached to an aromatic ring is 1. The molecule has 0 aliphatic carbocycles. The molecule has 0 spiro atoms. The lowest BCUT2D eigenvalue weighted by atomic mass is 10.0. The van der Waals surface area contributed by atoms with E-state index in [-0.39, 0.29) is 0 Å². The lowest BCUT2D eigenvalue weighted by Crippen LogP contribution is -2.09. The Bertz CT molecular complexity index is 516. The maximum absolute atomic E-state index is 6.00. The van der Waals surface area contributed by atoms with Crippen molar-refractivity contribution in [2.75, 3.05) is 5.73 Å². The molecule has 0 radical (unpaired) electrons. The van der Waals surface area contributed by atoms with E-state index in [2.05, 4.69) is 35.3 Å². The highest BCUT2D eigenvalue weighted by molar-refractivity contribution is 5.72. The molecule has 1 atom stereocenters. The fourth-order valence-electron chi connectivity index (χ4n) is 2.28. The minimum atomic E-state index is 0.405. The van der Waals surface area contributed by atoms with Crippen molar-refractivity contribution >= 4 is 5.69 Å². The molecule has 0 aromatic carbocycles. The molecule has 2 aromatic rings. The molecule has 1 unspecified atom stereocenters. The molecule has 18 heavy (non-hydrogen) atoms. The van der Waals surface area contributed by atoms with Crippen molar-refractivity contribution in [2.45, 2.75) is 33.2 Å². The molecule has 96 valence electrons. The van der Waals surface area contributed by atoms with Gasteiger partial charge in [-0.15, -0.1) is 0 Å². The number of pyridine rings is 1. The molecule has 0 aliphatic heterocycles. The third-order valence-corrected chi connectivity index (χ3v) is 3.08. The van der Waals surface area contributed by atoms with Gasteiger partial charge < -0.3 is 10.3 Å². The minimum Gasteiger partial charge on any atom is -0.398 e. The van der Waals surface area contributed by atoms with Crippen LogP contribution in [0.5, 0.6) is 0 Å². The lowest BCUT2D eigenvalue weighted by Gasteiger charge is -2.19. The summed E-state index contributed by atoms with van der Waals surface area (Å²) >= 11 is 0. The van der Waals surface area contributed by atoms with Gasteiger partial charge in [-0.05, 0) is 25.3 Å². The number of nitrogens with zero attached hydrogens (tertiary/aromatic N) is 3. The first-order chi connectivity index (χ1) is 8.59. The molecule has 0 bridgehead atoms. The normalized spacial score (nSPS) is 12.9. The molecular weight excluding hydrogens is 224 g/mol. The Morgan fingerprint density at radius 1 is 1.22 bits per heavy atom. The summed E-state index contributed by atoms with van der Waals surface area (Å²) in [5.41, 5.74) is 8.73. The summed E-state index contributed by atoms with van der Waals surface area (Å²) in [5, 5.41) is 0. The van der Waals surface area contributed by atoms with Crippen molar-refractivity contribution < 1.29 is 0 Å². The van der Waals surface area contributed by atoms with Crippen molar-refractivity contribution in [1.29, 1.82) is 0 Å². The molecule has 2 N–H and O–H groups in total. The molecular formula is C14H20N4. The molecule has 4 nitrogen and oxygen atoms in total. The minimum absolute atomic E-state index is 0.405. The van der Waals surface area contributed by atoms with Gasteiger partial charge in [0.15, 0.2) is 0 Å². The van der Waals surface area contributed by atoms with Crippen LogP contribution in [0.3, 0.4) is 0 Å². The average molecular weight is 244 g/mol. The highest BCUT2D eigenvalue weighted by Gasteiger charge is 2.14. The summed E-state index contributed by atoms with van der Waals surface area (Å²) in [4.78, 5) is 8.39. The molecule has 0 saturated carbocycles. The first kappa shape index (κ1) is 12.6. The quantitative estimate of drug-likeness (QED) is 0.899. The van der Waals surface area contributed by atoms with Crippen molar-refractivity contribution in [3.05, 3.63) is 31.0 Å². The van der Waals surface area contributed by atoms with E-state index in [1.54, 1.807) is 12.4 Å². The van der Waals surface area contributed by atoms with E-state index in [4.69, 9.17) is 5.73 Å². The van der Waals surface area contributed by atoms with Crippen LogP contribution in [-0.2, 0) is 0 Å². The van der Waals surface area contributed by atoms with Crippen molar-refractivity contribution in [2.24, 2.45) is 5.92 Å². The topological polar surface area (TPSA) is 56.7 Å². The van der Waals surface area contributed by atoms with Gasteiger partial charge in [0.2, 0.25) is 0 Å². The fourth-order valence-corrected chi connectivity index (χ4v) is 2.28. The summed E-state index contributed by atoms with van der Waals surface area (Å²) in [5.74, 6) is 0.654. The Morgan fingerprint density at radius 2 is 2.00 bits per heavy atom. The highest BCUT2D eigenvalue weighted by atomic mass is 15.1. The Balaban J connectivity index is 2.36. The second-order valence-corrected chi connectivity index (χ2v) is 5.13. The predicted octanol–water partition coefficient (Wildman–Crippen LogP) is 3.13. The van der Waals surface area contributed by atoms with Crippen LogP contribution in [0.25, 0.3) is 11.3 Å². The van der Waals surface area contributed by atoms with E-state index in [1.807, 2.05) is 18.6 Å². The summed E-state index contributed by atoms with van der Waals surface area (Å²) in [6, 6.07) is 2.22. The zero-order chi connectivity index (χ0) is 13.1. The van der Waals surface area contributed by atoms with E-state index in [0.717, 1.165) is 23.4 Å². The van der Waals surface area contributed by atoms with Gasteiger partial charge >= 0.3 is 0 Å². The van der Waals surface area contributed by atoms with Gasteiger partial charge in [0.05, 0.1) is 18.2 Å². The van der Waals surface area contributed by atoms with E-state index in [1.165, 1.54) is 0 Å². The third-order valence-electron chi connectivity index (χ3n) is 3.08. The fraction of sp³-hybridized carbons (Fsp3) is 0.429. The van der Waals surface area contributed by atoms with Crippen molar-refractivity contribution in [3.63, 3.8) is 0 Å². The van der Waals surface area contributed by atoms with Crippen LogP contribution in [0.15, 0.2) is 31.0 Å². The SMILES string of the molecule is CC(C)CC(C)n1cncc1-c1cnccc1N. The van der Waals surface area contributed by atoms with E-state index in [9.17, 15) is 0 Å². The van der Waals surface area contributed by atoms with Gasteiger partial charge in [-0.3, -0.25) is 4.98 Å². The molecule has 0 aliphatic rings. The molecule has 2 aromatic heterocycles. The van der Waals surface area contributed by atoms with Crippen LogP contribution in [-0.4, -0.2) is 14.5 Å². The molecule has 2 rings (SSSR count). The van der Waals surface area contributed by atoms with Gasteiger partial charge in [-0.1, -0.05) is 13.8 Å². The summed E-state index contributed by atoms with van der Waals surface area (Å²) in [6.07, 6.45) is 8.34. The molecule has 0 fully saturated rings. The van der Waals surface area contributed by atoms with Crippen LogP contribution in [0, 0.1) is 5.92 Å². The van der Waals surface area contributed by atoms with Gasteiger partial charge in [0, 0.05) is 29.7 Å². The zero-order valence-corrected chi connectivity index (χ0v) is 11.2. The standard InChI is InChI=1S/C14H20N4/c1-10(2)6-11(3)18-9-17-8-14(18)12-7-16-5-4-13(12)15/h4-5,7-11H,6H2,1-3H3,(H2,15,16). The monoisotopic (exact) mass is 244 g/mol. The number of imidazole rings is 1. The zero-order valence-electron chi connectivity index (χ0n) is 11.2. The van der Waals surface area contributed by atoms with Crippen molar-refractivity contribution in [1.82, 2.24) is 14.5 Å². The number of hydrogen-bond donors (Lipinski definition) is 1. The second-order valence-electron chi connectivity index (χ2n) is 5.13. The van der Waals surface area contributed by atoms with Gasteiger partial charge in [-0.2, -0.15) is 0 Å². The van der Waals surface area contributed by atoms with Crippen LogP contribution in [0.4, 0.5) is 5.69 Å². The molecule has 0 saturated heterocycles. The number of nitrogens with two attached hydrogens (primary N) is 1. The number of anilines is 1. The van der Waals surface area contributed by atoms with Crippen molar-refractivity contribution in [3.8, 4) is 11.3 Å². The Hall–Kier alpha value is -1.84. The van der Waals surface area contributed by atoms with E-state index in [0.29, 0.717) is 12.0 Å². The van der Waals surface area contributed by atoms with Gasteiger partial charge in [0.1, 0.15) is 0 Å². The van der Waals surface area contributed by atoms with Gasteiger partial charge in [-0.25, -0.2) is 4.98 Å². The lowest BCUT2D eigenvalue weighted by molar-refractivity contribution is 0.430. The maximum atomic E-state index is 6.00. The predicted molar refractivity (Wildman–Crippen MR) is 74.0 cm³/mol. The van der Waals surface area contributed by atoms with E-state index >= 15 is 0 Å². The number of aromatic nitrogens is 3. The molecule has 2 heterocycles. The van der Waals surface area contributed by atoms with Crippen LogP contribution in [0.1, 0.15) is 33.2 Å². The number of hydrogen-bond acceptors (Lipinski definition) is 3. The summed E-state index contributed by atoms with van der Waals surface area (Å²) in [7, 11) is 0. The third kappa shape index (κ3) is 2.53. The average Bonchev–Trinajstić information content (AvgIpc) is 2.77. The first-order valence-corrected chi connectivity index (χ1v) is 6.31. The number of rotatable bonds is 4. The maximum Gasteiger partial charge on any atom is 0.0953 e. The largest absolute Gasteiger partial charge is 0.398 e. The van der Waals surface area contributed by atoms with Crippen LogP contribution in [0.2, 0.25) is 0 Å². The summed E-state index contributed by atoms with van der Waals surface area (Å²) in [6.45, 7) is 6.66. The van der Waals surface area contributed by atoms with Gasteiger partial charge in [0.25, 0.3) is 0 Å². The molecule has 0 amide bonds. The Labute approximate surface area is 108 Å². The highest BCUT2D eigenvalue weighted by Crippen LogP contribution is 2.28. The molecule has 4 heteroatoms. The first-order valence-electron chi connectivity index (χ1n) is 6.31. The van der Waals surface area contributed by atoms with Crippen LogP contribution < -0.4 is 5.73 Å². The van der Waals surface area contributed by atoms with Crippen LogP contribution >= 0.6 is 0 Å². The smallest absolute Gasteiger partial charge is 0.0953 e. The second kappa shape index (κ2) is 5.21. The Kier molecular flexibility index (Phi) is 3.65. The Morgan fingerprint density at radius 3 is 2.67 bits per heavy atom. The van der Waals surface area contributed by atoms with E-state index < -0.39 is 0 Å². The summed E-state index contributed by atoms with van der Waals surface area (Å²) < 4.78 is 2.17.